The highest BCUT2D eigenvalue weighted by atomic mass is 31.2. The van der Waals surface area contributed by atoms with Crippen LogP contribution in [0, 0.1) is 0 Å². The predicted molar refractivity (Wildman–Crippen MR) is 109 cm³/mol. The monoisotopic (exact) mass is 377 g/mol. The Hall–Kier alpha value is -2.84. The van der Waals surface area contributed by atoms with Gasteiger partial charge in [-0.2, -0.15) is 0 Å². The van der Waals surface area contributed by atoms with Gasteiger partial charge in [0, 0.05) is 15.5 Å². The fraction of sp³-hybridized carbons (Fsp3) is 0.143. The van der Waals surface area contributed by atoms with Crippen LogP contribution in [0.5, 0.6) is 0 Å². The second-order valence-corrected chi connectivity index (χ2v) is 8.44. The number of rotatable bonds is 7. The molecular formula is C21H20N3O2P. The Kier molecular flexibility index (Phi) is 6.10. The van der Waals surface area contributed by atoms with Crippen LogP contribution in [0.2, 0.25) is 0 Å². The van der Waals surface area contributed by atoms with Crippen molar-refractivity contribution in [2.75, 3.05) is 0 Å². The van der Waals surface area contributed by atoms with Gasteiger partial charge in [-0.3, -0.25) is 4.57 Å². The van der Waals surface area contributed by atoms with Crippen molar-refractivity contribution in [3.05, 3.63) is 107 Å². The number of nitrogens with zero attached hydrogens (tertiary/aromatic N) is 3. The smallest absolute Gasteiger partial charge is 0.261 e. The van der Waals surface area contributed by atoms with E-state index >= 15 is 0 Å². The molecule has 3 aromatic carbocycles. The lowest BCUT2D eigenvalue weighted by molar-refractivity contribution is 0.201. The normalized spacial score (nSPS) is 13.4. The molecule has 0 aliphatic heterocycles. The Bertz CT molecular complexity index is 915. The van der Waals surface area contributed by atoms with Crippen LogP contribution in [0.25, 0.3) is 10.4 Å². The van der Waals surface area contributed by atoms with Crippen LogP contribution < -0.4 is 10.6 Å². The molecule has 0 bridgehead atoms. The first-order chi connectivity index (χ1) is 13.1. The third-order valence-electron chi connectivity index (χ3n) is 4.27. The van der Waals surface area contributed by atoms with Crippen LogP contribution >= 0.6 is 7.37 Å². The second kappa shape index (κ2) is 8.70. The molecule has 0 aliphatic rings. The summed E-state index contributed by atoms with van der Waals surface area (Å²) in [5.74, 6) is 0. The van der Waals surface area contributed by atoms with Crippen molar-refractivity contribution in [3.63, 3.8) is 0 Å². The largest absolute Gasteiger partial charge is 0.318 e. The number of benzene rings is 3. The van der Waals surface area contributed by atoms with Crippen molar-refractivity contribution >= 4 is 18.0 Å². The third-order valence-corrected chi connectivity index (χ3v) is 6.85. The van der Waals surface area contributed by atoms with Crippen LogP contribution in [0.4, 0.5) is 0 Å². The van der Waals surface area contributed by atoms with Gasteiger partial charge in [0.15, 0.2) is 0 Å². The van der Waals surface area contributed by atoms with Crippen molar-refractivity contribution in [1.29, 1.82) is 0 Å². The molecule has 3 aromatic rings. The third kappa shape index (κ3) is 4.29. The SMILES string of the molecule is C[C@@H](OP(=O)(c1ccccc1)c1ccccc1)[C@H](N=[N+]=[N-])c1ccccc1. The summed E-state index contributed by atoms with van der Waals surface area (Å²) in [6.07, 6.45) is -0.588. The summed E-state index contributed by atoms with van der Waals surface area (Å²) >= 11 is 0. The Morgan fingerprint density at radius 1 is 0.852 bits per heavy atom. The van der Waals surface area contributed by atoms with Gasteiger partial charge in [-0.15, -0.1) is 0 Å². The van der Waals surface area contributed by atoms with Crippen molar-refractivity contribution < 1.29 is 9.09 Å². The number of azide groups is 1. The average Bonchev–Trinajstić information content (AvgIpc) is 2.73. The number of hydrogen-bond acceptors (Lipinski definition) is 3. The first-order valence-corrected chi connectivity index (χ1v) is 10.3. The molecule has 0 N–H and O–H groups in total. The fourth-order valence-electron chi connectivity index (χ4n) is 2.95. The molecule has 0 saturated heterocycles. The minimum atomic E-state index is -3.36. The molecule has 0 aromatic heterocycles. The van der Waals surface area contributed by atoms with E-state index in [9.17, 15) is 4.57 Å². The summed E-state index contributed by atoms with van der Waals surface area (Å²) < 4.78 is 20.2. The molecule has 6 heteroatoms. The van der Waals surface area contributed by atoms with Gasteiger partial charge >= 0.3 is 0 Å². The zero-order valence-electron chi connectivity index (χ0n) is 14.9. The zero-order valence-corrected chi connectivity index (χ0v) is 15.8. The van der Waals surface area contributed by atoms with Gasteiger partial charge in [0.1, 0.15) is 0 Å². The maximum atomic E-state index is 14.0. The van der Waals surface area contributed by atoms with Crippen molar-refractivity contribution in [3.8, 4) is 0 Å². The zero-order chi connectivity index (χ0) is 19.1. The topological polar surface area (TPSA) is 75.1 Å². The second-order valence-electron chi connectivity index (χ2n) is 6.09. The molecule has 0 unspecified atom stereocenters. The number of hydrogen-bond donors (Lipinski definition) is 0. The fourth-order valence-corrected chi connectivity index (χ4v) is 5.20. The molecule has 0 radical (unpaired) electrons. The van der Waals surface area contributed by atoms with Crippen molar-refractivity contribution in [2.45, 2.75) is 19.1 Å². The molecule has 3 rings (SSSR count). The van der Waals surface area contributed by atoms with Gasteiger partial charge in [-0.1, -0.05) is 71.8 Å². The van der Waals surface area contributed by atoms with Gasteiger partial charge in [0.2, 0.25) is 0 Å². The van der Waals surface area contributed by atoms with E-state index in [2.05, 4.69) is 10.0 Å². The highest BCUT2D eigenvalue weighted by molar-refractivity contribution is 7.74. The van der Waals surface area contributed by atoms with Crippen molar-refractivity contribution in [2.24, 2.45) is 5.11 Å². The molecule has 0 aliphatic carbocycles. The molecule has 5 nitrogen and oxygen atoms in total. The van der Waals surface area contributed by atoms with E-state index in [4.69, 9.17) is 10.1 Å². The highest BCUT2D eigenvalue weighted by Gasteiger charge is 2.33. The average molecular weight is 377 g/mol. The van der Waals surface area contributed by atoms with Crippen LogP contribution in [0.1, 0.15) is 18.5 Å². The summed E-state index contributed by atoms with van der Waals surface area (Å²) in [4.78, 5) is 2.96. The predicted octanol–water partition coefficient (Wildman–Crippen LogP) is 5.37. The molecule has 136 valence electrons. The van der Waals surface area contributed by atoms with Crippen LogP contribution in [0.15, 0.2) is 96.1 Å². The summed E-state index contributed by atoms with van der Waals surface area (Å²) in [5, 5.41) is 5.11. The lowest BCUT2D eigenvalue weighted by Gasteiger charge is -2.27. The minimum Gasteiger partial charge on any atom is -0.318 e. The summed E-state index contributed by atoms with van der Waals surface area (Å²) in [6, 6.07) is 27.1. The van der Waals surface area contributed by atoms with E-state index in [1.54, 1.807) is 31.2 Å². The van der Waals surface area contributed by atoms with E-state index in [1.807, 2.05) is 66.7 Å². The van der Waals surface area contributed by atoms with E-state index < -0.39 is 19.5 Å². The molecule has 0 amide bonds. The first-order valence-electron chi connectivity index (χ1n) is 8.64. The van der Waals surface area contributed by atoms with Gasteiger partial charge in [0.05, 0.1) is 12.1 Å². The lowest BCUT2D eigenvalue weighted by Crippen LogP contribution is -2.24. The van der Waals surface area contributed by atoms with Gasteiger partial charge in [-0.05, 0) is 42.3 Å². The molecule has 2 atom stereocenters. The highest BCUT2D eigenvalue weighted by Crippen LogP contribution is 2.47. The Morgan fingerprint density at radius 2 is 1.30 bits per heavy atom. The molecule has 0 heterocycles. The van der Waals surface area contributed by atoms with Crippen molar-refractivity contribution in [1.82, 2.24) is 0 Å². The lowest BCUT2D eigenvalue weighted by atomic mass is 10.0. The summed E-state index contributed by atoms with van der Waals surface area (Å²) in [7, 11) is -3.36. The van der Waals surface area contributed by atoms with E-state index in [0.29, 0.717) is 10.6 Å². The Morgan fingerprint density at radius 3 is 1.74 bits per heavy atom. The van der Waals surface area contributed by atoms with Crippen LogP contribution in [0.3, 0.4) is 0 Å². The molecule has 0 fully saturated rings. The Labute approximate surface area is 158 Å². The van der Waals surface area contributed by atoms with Gasteiger partial charge in [-0.25, -0.2) is 0 Å². The summed E-state index contributed by atoms with van der Waals surface area (Å²) in [5.41, 5.74) is 9.83. The maximum Gasteiger partial charge on any atom is 0.261 e. The maximum absolute atomic E-state index is 14.0. The van der Waals surface area contributed by atoms with Crippen LogP contribution in [-0.2, 0) is 9.09 Å². The van der Waals surface area contributed by atoms with Crippen LogP contribution in [-0.4, -0.2) is 6.10 Å². The van der Waals surface area contributed by atoms with Gasteiger partial charge < -0.3 is 4.52 Å². The minimum absolute atomic E-state index is 0.586. The molecule has 27 heavy (non-hydrogen) atoms. The summed E-state index contributed by atoms with van der Waals surface area (Å²) in [6.45, 7) is 1.78. The molecular weight excluding hydrogens is 357 g/mol. The molecule has 0 saturated carbocycles. The Balaban J connectivity index is 2.01. The molecule has 0 spiro atoms. The quantitative estimate of drug-likeness (QED) is 0.240. The van der Waals surface area contributed by atoms with E-state index in [0.717, 1.165) is 5.56 Å². The van der Waals surface area contributed by atoms with Gasteiger partial charge in [0.25, 0.3) is 7.37 Å². The first kappa shape index (κ1) is 18.9. The standard InChI is InChI=1S/C21H20N3O2P/c1-17(21(23-24-22)18-11-5-2-6-12-18)26-27(25,19-13-7-3-8-14-19)20-15-9-4-10-16-20/h2-17,21H,1H3/t17-,21+/m1/s1. The van der Waals surface area contributed by atoms with E-state index in [-0.39, 0.29) is 0 Å². The van der Waals surface area contributed by atoms with E-state index in [1.165, 1.54) is 0 Å².